The number of carbonyl (C=O) groups excluding carboxylic acids is 5. The van der Waals surface area contributed by atoms with Crippen LogP contribution >= 0.6 is 0 Å². The highest BCUT2D eigenvalue weighted by Gasteiger charge is 2.41. The van der Waals surface area contributed by atoms with Gasteiger partial charge in [0, 0.05) is 31.9 Å². The van der Waals surface area contributed by atoms with Gasteiger partial charge in [0.05, 0.1) is 6.20 Å². The molecule has 5 amide bonds. The molecular weight excluding hydrogens is 490 g/mol. The number of aromatic nitrogens is 2. The summed E-state index contributed by atoms with van der Waals surface area (Å²) in [6.07, 6.45) is 7.93. The van der Waals surface area contributed by atoms with Gasteiger partial charge < -0.3 is 26.6 Å². The standard InChI is InChI=1S/C26H39N7O5/c1-26(2,3)20(32-23(36)18-14-28-10-11-29-18)25(38)33(4)19(12-15-7-8-15)24(37)31-17(21(27)34)13-16-6-5-9-30-22(16)35/h10-11,14-17,19-20H,5-9,12-13H2,1-4H3,(H2,27,34)(H,30,35)(H,31,37)(H,32,36)/t16-,17-,19-,20+/m0/s1. The van der Waals surface area contributed by atoms with Gasteiger partial charge in [-0.1, -0.05) is 33.6 Å². The van der Waals surface area contributed by atoms with Crippen LogP contribution in [0.2, 0.25) is 0 Å². The highest BCUT2D eigenvalue weighted by Crippen LogP contribution is 2.35. The largest absolute Gasteiger partial charge is 0.368 e. The third-order valence-electron chi connectivity index (χ3n) is 7.14. The minimum absolute atomic E-state index is 0.0699. The van der Waals surface area contributed by atoms with E-state index in [2.05, 4.69) is 25.9 Å². The van der Waals surface area contributed by atoms with Crippen LogP contribution in [0.1, 0.15) is 69.8 Å². The topological polar surface area (TPSA) is 176 Å². The van der Waals surface area contributed by atoms with E-state index in [0.29, 0.717) is 19.4 Å². The van der Waals surface area contributed by atoms with Gasteiger partial charge in [-0.3, -0.25) is 29.0 Å². The Kier molecular flexibility index (Phi) is 9.40. The minimum Gasteiger partial charge on any atom is -0.368 e. The number of rotatable bonds is 11. The Morgan fingerprint density at radius 1 is 1.13 bits per heavy atom. The first kappa shape index (κ1) is 29.0. The number of nitrogens with two attached hydrogens (primary N) is 1. The maximum Gasteiger partial charge on any atom is 0.272 e. The summed E-state index contributed by atoms with van der Waals surface area (Å²) < 4.78 is 0. The molecule has 2 fully saturated rings. The number of piperidine rings is 1. The van der Waals surface area contributed by atoms with Gasteiger partial charge in [0.25, 0.3) is 5.91 Å². The van der Waals surface area contributed by atoms with Crippen molar-refractivity contribution in [1.82, 2.24) is 30.8 Å². The van der Waals surface area contributed by atoms with Gasteiger partial charge in [0.15, 0.2) is 0 Å². The molecule has 2 heterocycles. The summed E-state index contributed by atoms with van der Waals surface area (Å²) in [6, 6.07) is -2.89. The van der Waals surface area contributed by atoms with Gasteiger partial charge in [0.1, 0.15) is 23.8 Å². The van der Waals surface area contributed by atoms with Crippen LogP contribution < -0.4 is 21.7 Å². The third-order valence-corrected chi connectivity index (χ3v) is 7.14. The van der Waals surface area contributed by atoms with Crippen molar-refractivity contribution in [3.63, 3.8) is 0 Å². The van der Waals surface area contributed by atoms with Crippen LogP contribution in [0.3, 0.4) is 0 Å². The molecule has 38 heavy (non-hydrogen) atoms. The van der Waals surface area contributed by atoms with E-state index in [1.54, 1.807) is 0 Å². The molecule has 1 saturated carbocycles. The molecular formula is C26H39N7O5. The number of hydrogen-bond donors (Lipinski definition) is 4. The van der Waals surface area contributed by atoms with Crippen molar-refractivity contribution in [2.75, 3.05) is 13.6 Å². The molecule has 12 heteroatoms. The lowest BCUT2D eigenvalue weighted by Gasteiger charge is -2.36. The van der Waals surface area contributed by atoms with Crippen LogP contribution in [0.4, 0.5) is 0 Å². The average molecular weight is 530 g/mol. The molecule has 0 aromatic carbocycles. The summed E-state index contributed by atoms with van der Waals surface area (Å²) in [4.78, 5) is 73.7. The Hall–Kier alpha value is -3.57. The summed E-state index contributed by atoms with van der Waals surface area (Å²) in [6.45, 7) is 6.03. The summed E-state index contributed by atoms with van der Waals surface area (Å²) >= 11 is 0. The van der Waals surface area contributed by atoms with Gasteiger partial charge in [-0.15, -0.1) is 0 Å². The lowest BCUT2D eigenvalue weighted by molar-refractivity contribution is -0.143. The first-order valence-electron chi connectivity index (χ1n) is 13.1. The van der Waals surface area contributed by atoms with Crippen LogP contribution in [0.15, 0.2) is 18.6 Å². The predicted octanol–water partition coefficient (Wildman–Crippen LogP) is 0.135. The first-order valence-corrected chi connectivity index (χ1v) is 13.1. The van der Waals surface area contributed by atoms with Crippen molar-refractivity contribution in [2.45, 2.75) is 77.4 Å². The van der Waals surface area contributed by atoms with E-state index in [4.69, 9.17) is 5.73 Å². The lowest BCUT2D eigenvalue weighted by Crippen LogP contribution is -2.59. The summed E-state index contributed by atoms with van der Waals surface area (Å²) in [5, 5.41) is 8.23. The smallest absolute Gasteiger partial charge is 0.272 e. The Labute approximate surface area is 222 Å². The predicted molar refractivity (Wildman–Crippen MR) is 138 cm³/mol. The molecule has 2 aliphatic rings. The van der Waals surface area contributed by atoms with Crippen molar-refractivity contribution in [1.29, 1.82) is 0 Å². The molecule has 0 radical (unpaired) electrons. The maximum atomic E-state index is 13.7. The lowest BCUT2D eigenvalue weighted by atomic mass is 9.85. The van der Waals surface area contributed by atoms with E-state index in [9.17, 15) is 24.0 Å². The number of primary amides is 1. The fraction of sp³-hybridized carbons (Fsp3) is 0.654. The maximum absolute atomic E-state index is 13.7. The van der Waals surface area contributed by atoms with E-state index in [-0.39, 0.29) is 23.9 Å². The molecule has 0 unspecified atom stereocenters. The molecule has 1 aliphatic carbocycles. The molecule has 3 rings (SSSR count). The highest BCUT2D eigenvalue weighted by molar-refractivity contribution is 5.98. The van der Waals surface area contributed by atoms with E-state index in [0.717, 1.165) is 19.3 Å². The summed E-state index contributed by atoms with van der Waals surface area (Å²) in [7, 11) is 1.52. The van der Waals surface area contributed by atoms with Crippen LogP contribution in [-0.4, -0.2) is 76.1 Å². The quantitative estimate of drug-likeness (QED) is 0.315. The monoisotopic (exact) mass is 529 g/mol. The Morgan fingerprint density at radius 2 is 1.84 bits per heavy atom. The van der Waals surface area contributed by atoms with E-state index in [1.165, 1.54) is 30.5 Å². The second kappa shape index (κ2) is 12.3. The molecule has 1 saturated heterocycles. The fourth-order valence-corrected chi connectivity index (χ4v) is 4.60. The van der Waals surface area contributed by atoms with Crippen LogP contribution in [0.5, 0.6) is 0 Å². The van der Waals surface area contributed by atoms with Crippen molar-refractivity contribution >= 4 is 29.5 Å². The first-order chi connectivity index (χ1) is 17.9. The molecule has 0 spiro atoms. The van der Waals surface area contributed by atoms with Crippen molar-refractivity contribution in [3.05, 3.63) is 24.3 Å². The van der Waals surface area contributed by atoms with Gasteiger partial charge >= 0.3 is 0 Å². The summed E-state index contributed by atoms with van der Waals surface area (Å²) in [5.74, 6) is -2.56. The van der Waals surface area contributed by atoms with Gasteiger partial charge in [-0.2, -0.15) is 0 Å². The third kappa shape index (κ3) is 7.72. The fourth-order valence-electron chi connectivity index (χ4n) is 4.60. The molecule has 1 aromatic rings. The number of hydrogen-bond acceptors (Lipinski definition) is 7. The zero-order valence-electron chi connectivity index (χ0n) is 22.5. The van der Waals surface area contributed by atoms with E-state index in [1.807, 2.05) is 20.8 Å². The molecule has 208 valence electrons. The number of carbonyl (C=O) groups is 5. The van der Waals surface area contributed by atoms with Crippen molar-refractivity contribution < 1.29 is 24.0 Å². The number of amides is 5. The number of likely N-dealkylation sites (N-methyl/N-ethyl adjacent to an activating group) is 1. The van der Waals surface area contributed by atoms with Crippen molar-refractivity contribution in [2.24, 2.45) is 23.0 Å². The zero-order valence-corrected chi connectivity index (χ0v) is 22.5. The summed E-state index contributed by atoms with van der Waals surface area (Å²) in [5.41, 5.74) is 4.97. The van der Waals surface area contributed by atoms with E-state index >= 15 is 0 Å². The SMILES string of the molecule is CN(C(=O)[C@@H](NC(=O)c1cnccn1)C(C)(C)C)[C@@H](CC1CC1)C(=O)N[C@@H](C[C@@H]1CCCNC1=O)C(N)=O. The number of nitrogens with zero attached hydrogens (tertiary/aromatic N) is 3. The Morgan fingerprint density at radius 3 is 2.39 bits per heavy atom. The molecule has 4 atom stereocenters. The van der Waals surface area contributed by atoms with Crippen molar-refractivity contribution in [3.8, 4) is 0 Å². The van der Waals surface area contributed by atoms with Crippen LogP contribution in [-0.2, 0) is 19.2 Å². The minimum atomic E-state index is -1.05. The molecule has 1 aromatic heterocycles. The zero-order chi connectivity index (χ0) is 28.0. The molecule has 0 bridgehead atoms. The second-order valence-electron chi connectivity index (χ2n) is 11.3. The molecule has 1 aliphatic heterocycles. The van der Waals surface area contributed by atoms with Crippen LogP contribution in [0, 0.1) is 17.3 Å². The highest BCUT2D eigenvalue weighted by atomic mass is 16.2. The second-order valence-corrected chi connectivity index (χ2v) is 11.3. The van der Waals surface area contributed by atoms with Gasteiger partial charge in [0.2, 0.25) is 23.6 Å². The van der Waals surface area contributed by atoms with Gasteiger partial charge in [-0.25, -0.2) is 4.98 Å². The normalized spacial score (nSPS) is 19.9. The van der Waals surface area contributed by atoms with Crippen LogP contribution in [0.25, 0.3) is 0 Å². The Bertz CT molecular complexity index is 1040. The average Bonchev–Trinajstić information content (AvgIpc) is 3.69. The Balaban J connectivity index is 1.77. The molecule has 5 N–H and O–H groups in total. The number of nitrogens with one attached hydrogen (secondary N) is 3. The van der Waals surface area contributed by atoms with Gasteiger partial charge in [-0.05, 0) is 37.0 Å². The van der Waals surface area contributed by atoms with E-state index < -0.39 is 53.1 Å². The molecule has 12 nitrogen and oxygen atoms in total.